The average Bonchev–Trinajstić information content (AvgIpc) is 3.23. The number of hydrogen-bond donors (Lipinski definition) is 0. The fraction of sp³-hybridized carbons (Fsp3) is 0.762. The van der Waals surface area contributed by atoms with Gasteiger partial charge in [0.25, 0.3) is 5.91 Å². The fourth-order valence-electron chi connectivity index (χ4n) is 5.45. The van der Waals surface area contributed by atoms with Crippen LogP contribution in [0.1, 0.15) is 86.4 Å². The van der Waals surface area contributed by atoms with Gasteiger partial charge in [-0.3, -0.25) is 9.59 Å². The van der Waals surface area contributed by atoms with Crippen molar-refractivity contribution in [2.24, 2.45) is 5.92 Å². The molecule has 146 valence electrons. The number of carbonyl (C=O) groups is 2. The van der Waals surface area contributed by atoms with E-state index in [2.05, 4.69) is 10.1 Å². The molecule has 0 spiro atoms. The van der Waals surface area contributed by atoms with Gasteiger partial charge in [0.1, 0.15) is 11.8 Å². The third-order valence-electron chi connectivity index (χ3n) is 7.05. The highest BCUT2D eigenvalue weighted by Crippen LogP contribution is 2.40. The summed E-state index contributed by atoms with van der Waals surface area (Å²) in [5, 5.41) is 4.00. The molecular weight excluding hydrogens is 342 g/mol. The van der Waals surface area contributed by atoms with Crippen molar-refractivity contribution in [3.8, 4) is 0 Å². The van der Waals surface area contributed by atoms with Crippen LogP contribution in [0.25, 0.3) is 0 Å². The quantitative estimate of drug-likeness (QED) is 0.814. The van der Waals surface area contributed by atoms with Crippen molar-refractivity contribution in [1.82, 2.24) is 15.0 Å². The van der Waals surface area contributed by atoms with Crippen LogP contribution in [0.4, 0.5) is 0 Å². The minimum Gasteiger partial charge on any atom is -0.360 e. The average molecular weight is 371 g/mol. The predicted molar refractivity (Wildman–Crippen MR) is 99.2 cm³/mol. The molecule has 0 N–H and O–H groups in total. The van der Waals surface area contributed by atoms with Crippen LogP contribution < -0.4 is 0 Å². The minimum absolute atomic E-state index is 0.141. The summed E-state index contributed by atoms with van der Waals surface area (Å²) < 4.78 is 5.36. The van der Waals surface area contributed by atoms with E-state index in [0.717, 1.165) is 50.8 Å². The van der Waals surface area contributed by atoms with Crippen LogP contribution >= 0.6 is 0 Å². The third-order valence-corrected chi connectivity index (χ3v) is 7.05. The summed E-state index contributed by atoms with van der Waals surface area (Å²) in [6.45, 7) is 1.50. The zero-order valence-electron chi connectivity index (χ0n) is 15.9. The summed E-state index contributed by atoms with van der Waals surface area (Å²) in [6.07, 6.45) is 11.2. The lowest BCUT2D eigenvalue weighted by Crippen LogP contribution is -2.50. The smallest absolute Gasteiger partial charge is 0.276 e. The first-order valence-electron chi connectivity index (χ1n) is 10.8. The zero-order valence-corrected chi connectivity index (χ0v) is 15.9. The summed E-state index contributed by atoms with van der Waals surface area (Å²) >= 11 is 0. The van der Waals surface area contributed by atoms with E-state index in [1.165, 1.54) is 25.7 Å². The molecule has 27 heavy (non-hydrogen) atoms. The molecule has 2 atom stereocenters. The second-order valence-electron chi connectivity index (χ2n) is 8.83. The molecule has 2 aliphatic carbocycles. The minimum atomic E-state index is -0.319. The number of likely N-dealkylation sites (tertiary alicyclic amines) is 2. The van der Waals surface area contributed by atoms with Gasteiger partial charge < -0.3 is 14.3 Å². The molecule has 0 bridgehead atoms. The number of rotatable bonds is 4. The Morgan fingerprint density at radius 3 is 2.44 bits per heavy atom. The summed E-state index contributed by atoms with van der Waals surface area (Å²) in [6, 6.07) is 1.86. The molecule has 1 aromatic rings. The lowest BCUT2D eigenvalue weighted by Gasteiger charge is -2.33. The van der Waals surface area contributed by atoms with E-state index in [9.17, 15) is 9.59 Å². The molecule has 0 radical (unpaired) electrons. The van der Waals surface area contributed by atoms with Crippen LogP contribution in [0.5, 0.6) is 0 Å². The summed E-state index contributed by atoms with van der Waals surface area (Å²) in [4.78, 5) is 30.2. The predicted octanol–water partition coefficient (Wildman–Crippen LogP) is 3.34. The van der Waals surface area contributed by atoms with Crippen LogP contribution in [-0.2, 0) is 4.79 Å². The van der Waals surface area contributed by atoms with E-state index in [1.807, 2.05) is 0 Å². The zero-order chi connectivity index (χ0) is 18.4. The first-order chi connectivity index (χ1) is 13.2. The Kier molecular flexibility index (Phi) is 4.44. The van der Waals surface area contributed by atoms with Crippen LogP contribution in [0.15, 0.2) is 10.6 Å². The van der Waals surface area contributed by atoms with Crippen molar-refractivity contribution in [3.05, 3.63) is 17.5 Å². The van der Waals surface area contributed by atoms with E-state index in [-0.39, 0.29) is 17.9 Å². The Hall–Kier alpha value is -1.85. The number of carbonyl (C=O) groups excluding carboxylic acids is 2. The third kappa shape index (κ3) is 3.17. The van der Waals surface area contributed by atoms with Crippen molar-refractivity contribution < 1.29 is 14.1 Å². The van der Waals surface area contributed by atoms with Gasteiger partial charge in [-0.25, -0.2) is 0 Å². The molecule has 2 saturated heterocycles. The summed E-state index contributed by atoms with van der Waals surface area (Å²) in [5.74, 6) is 1.95. The molecule has 6 nitrogen and oxygen atoms in total. The Bertz CT molecular complexity index is 720. The standard InChI is InChI=1S/C21H29N3O3/c25-20(16-13-19(27-22-16)15-9-10-15)24-12-4-8-18(24)21(26)23-11-3-7-17(23)14-5-1-2-6-14/h13-15,17-18H,1-12H2/t17-,18+/m1/s1. The Morgan fingerprint density at radius 2 is 1.67 bits per heavy atom. The molecule has 5 rings (SSSR count). The van der Waals surface area contributed by atoms with Crippen molar-refractivity contribution in [3.63, 3.8) is 0 Å². The number of hydrogen-bond acceptors (Lipinski definition) is 4. The molecule has 2 amide bonds. The molecule has 0 unspecified atom stereocenters. The van der Waals surface area contributed by atoms with Crippen LogP contribution in [-0.4, -0.2) is 51.9 Å². The molecule has 4 fully saturated rings. The Labute approximate surface area is 160 Å². The van der Waals surface area contributed by atoms with E-state index in [4.69, 9.17) is 4.52 Å². The van der Waals surface area contributed by atoms with Crippen LogP contribution in [0, 0.1) is 5.92 Å². The van der Waals surface area contributed by atoms with Gasteiger partial charge in [0.2, 0.25) is 5.91 Å². The monoisotopic (exact) mass is 371 g/mol. The highest BCUT2D eigenvalue weighted by atomic mass is 16.5. The second kappa shape index (κ2) is 6.95. The number of nitrogens with zero attached hydrogens (tertiary/aromatic N) is 3. The fourth-order valence-corrected chi connectivity index (χ4v) is 5.45. The van der Waals surface area contributed by atoms with Crippen molar-refractivity contribution in [1.29, 1.82) is 0 Å². The van der Waals surface area contributed by atoms with Crippen LogP contribution in [0.3, 0.4) is 0 Å². The molecule has 4 aliphatic rings. The summed E-state index contributed by atoms with van der Waals surface area (Å²) in [7, 11) is 0. The van der Waals surface area contributed by atoms with E-state index < -0.39 is 0 Å². The van der Waals surface area contributed by atoms with Crippen molar-refractivity contribution >= 4 is 11.8 Å². The normalized spacial score (nSPS) is 29.0. The van der Waals surface area contributed by atoms with Crippen LogP contribution in [0.2, 0.25) is 0 Å². The Morgan fingerprint density at radius 1 is 0.926 bits per heavy atom. The molecule has 1 aromatic heterocycles. The largest absolute Gasteiger partial charge is 0.360 e. The number of amides is 2. The molecule has 2 aliphatic heterocycles. The topological polar surface area (TPSA) is 66.7 Å². The van der Waals surface area contributed by atoms with Gasteiger partial charge >= 0.3 is 0 Å². The molecule has 6 heteroatoms. The number of aromatic nitrogens is 1. The van der Waals surface area contributed by atoms with Gasteiger partial charge in [-0.2, -0.15) is 0 Å². The lowest BCUT2D eigenvalue weighted by molar-refractivity contribution is -0.137. The highest BCUT2D eigenvalue weighted by molar-refractivity contribution is 5.96. The van der Waals surface area contributed by atoms with Gasteiger partial charge in [-0.15, -0.1) is 0 Å². The highest BCUT2D eigenvalue weighted by Gasteiger charge is 2.43. The van der Waals surface area contributed by atoms with E-state index in [1.54, 1.807) is 11.0 Å². The van der Waals surface area contributed by atoms with Crippen molar-refractivity contribution in [2.45, 2.75) is 82.2 Å². The van der Waals surface area contributed by atoms with Crippen molar-refractivity contribution in [2.75, 3.05) is 13.1 Å². The second-order valence-corrected chi connectivity index (χ2v) is 8.83. The van der Waals surface area contributed by atoms with E-state index in [0.29, 0.717) is 30.1 Å². The van der Waals surface area contributed by atoms with Gasteiger partial charge in [-0.1, -0.05) is 18.0 Å². The maximum atomic E-state index is 13.4. The SMILES string of the molecule is O=C([C@@H]1CCCN1C(=O)c1cc(C2CC2)on1)N1CCC[C@@H]1C1CCCC1. The molecule has 3 heterocycles. The van der Waals surface area contributed by atoms with Gasteiger partial charge in [0.05, 0.1) is 0 Å². The van der Waals surface area contributed by atoms with E-state index >= 15 is 0 Å². The van der Waals surface area contributed by atoms with Gasteiger partial charge in [0.15, 0.2) is 5.69 Å². The maximum Gasteiger partial charge on any atom is 0.276 e. The maximum absolute atomic E-state index is 13.4. The molecular formula is C21H29N3O3. The lowest BCUT2D eigenvalue weighted by atomic mass is 9.95. The molecule has 2 saturated carbocycles. The first kappa shape index (κ1) is 17.3. The van der Waals surface area contributed by atoms with Gasteiger partial charge in [0, 0.05) is 31.1 Å². The summed E-state index contributed by atoms with van der Waals surface area (Å²) in [5.41, 5.74) is 0.366. The van der Waals surface area contributed by atoms with Gasteiger partial charge in [-0.05, 0) is 57.3 Å². The molecule has 0 aromatic carbocycles. The first-order valence-corrected chi connectivity index (χ1v) is 10.8. The Balaban J connectivity index is 1.30.